The number of carboxylic acid groups (broad SMARTS) is 1. The molecule has 2 N–H and O–H groups in total. The van der Waals surface area contributed by atoms with Gasteiger partial charge in [-0.25, -0.2) is 4.98 Å². The first-order valence-corrected chi connectivity index (χ1v) is 4.52. The summed E-state index contributed by atoms with van der Waals surface area (Å²) in [6.07, 6.45) is -0.0735. The van der Waals surface area contributed by atoms with Crippen LogP contribution in [0.2, 0.25) is 0 Å². The van der Waals surface area contributed by atoms with E-state index < -0.39 is 5.97 Å². The van der Waals surface area contributed by atoms with E-state index in [0.29, 0.717) is 5.69 Å². The third-order valence-corrected chi connectivity index (χ3v) is 1.88. The Morgan fingerprint density at radius 3 is 2.92 bits per heavy atom. The van der Waals surface area contributed by atoms with Crippen molar-refractivity contribution in [2.75, 3.05) is 6.54 Å². The van der Waals surface area contributed by atoms with Gasteiger partial charge in [-0.1, -0.05) is 0 Å². The average molecular weight is 200 g/mol. The van der Waals surface area contributed by atoms with Crippen molar-refractivity contribution in [3.05, 3.63) is 16.6 Å². The number of carbonyl (C=O) groups excluding carboxylic acids is 1. The highest BCUT2D eigenvalue weighted by Crippen LogP contribution is 1.99. The van der Waals surface area contributed by atoms with Gasteiger partial charge < -0.3 is 10.4 Å². The lowest BCUT2D eigenvalue weighted by molar-refractivity contribution is -0.136. The number of carboxylic acids is 1. The highest BCUT2D eigenvalue weighted by atomic mass is 32.1. The minimum absolute atomic E-state index is 0.0735. The zero-order valence-corrected chi connectivity index (χ0v) is 7.50. The van der Waals surface area contributed by atoms with Gasteiger partial charge in [-0.3, -0.25) is 9.59 Å². The highest BCUT2D eigenvalue weighted by molar-refractivity contribution is 7.07. The van der Waals surface area contributed by atoms with E-state index in [1.165, 1.54) is 11.3 Å². The van der Waals surface area contributed by atoms with Crippen LogP contribution in [-0.2, 0) is 4.79 Å². The quantitative estimate of drug-likeness (QED) is 0.734. The van der Waals surface area contributed by atoms with Crippen molar-refractivity contribution in [1.29, 1.82) is 0 Å². The molecule has 1 heterocycles. The summed E-state index contributed by atoms with van der Waals surface area (Å²) in [6.45, 7) is 0.131. The number of thiazole rings is 1. The molecule has 0 atom stereocenters. The largest absolute Gasteiger partial charge is 0.481 e. The van der Waals surface area contributed by atoms with Crippen LogP contribution in [0.5, 0.6) is 0 Å². The SMILES string of the molecule is O=C(O)CCNC(=O)c1cscn1. The number of hydrogen-bond acceptors (Lipinski definition) is 4. The Kier molecular flexibility index (Phi) is 3.39. The minimum Gasteiger partial charge on any atom is -0.481 e. The molecule has 0 unspecified atom stereocenters. The molecule has 0 saturated heterocycles. The smallest absolute Gasteiger partial charge is 0.305 e. The molecule has 0 aliphatic heterocycles. The molecular formula is C7H8N2O3S. The average Bonchev–Trinajstić information content (AvgIpc) is 2.55. The van der Waals surface area contributed by atoms with Crippen molar-refractivity contribution in [2.45, 2.75) is 6.42 Å². The van der Waals surface area contributed by atoms with E-state index in [9.17, 15) is 9.59 Å². The lowest BCUT2D eigenvalue weighted by Crippen LogP contribution is -2.26. The second-order valence-corrected chi connectivity index (χ2v) is 2.99. The number of rotatable bonds is 4. The summed E-state index contributed by atoms with van der Waals surface area (Å²) in [6, 6.07) is 0. The molecule has 0 spiro atoms. The molecule has 0 fully saturated rings. The molecule has 13 heavy (non-hydrogen) atoms. The molecular weight excluding hydrogens is 192 g/mol. The predicted molar refractivity (Wildman–Crippen MR) is 46.7 cm³/mol. The first-order valence-electron chi connectivity index (χ1n) is 3.58. The maximum absolute atomic E-state index is 11.1. The molecule has 1 aromatic rings. The number of aromatic nitrogens is 1. The number of aliphatic carboxylic acids is 1. The topological polar surface area (TPSA) is 79.3 Å². The fourth-order valence-electron chi connectivity index (χ4n) is 0.698. The van der Waals surface area contributed by atoms with E-state index in [1.54, 1.807) is 10.9 Å². The number of hydrogen-bond donors (Lipinski definition) is 2. The fraction of sp³-hybridized carbons (Fsp3) is 0.286. The zero-order chi connectivity index (χ0) is 9.68. The van der Waals surface area contributed by atoms with Gasteiger partial charge in [0.1, 0.15) is 5.69 Å². The second kappa shape index (κ2) is 4.56. The van der Waals surface area contributed by atoms with Crippen LogP contribution in [0.15, 0.2) is 10.9 Å². The Morgan fingerprint density at radius 2 is 2.38 bits per heavy atom. The van der Waals surface area contributed by atoms with E-state index in [4.69, 9.17) is 5.11 Å². The summed E-state index contributed by atoms with van der Waals surface area (Å²) < 4.78 is 0. The van der Waals surface area contributed by atoms with Gasteiger partial charge in [0.15, 0.2) is 0 Å². The molecule has 0 radical (unpaired) electrons. The molecule has 0 bridgehead atoms. The van der Waals surface area contributed by atoms with Gasteiger partial charge in [0.2, 0.25) is 0 Å². The lowest BCUT2D eigenvalue weighted by Gasteiger charge is -1.99. The van der Waals surface area contributed by atoms with Gasteiger partial charge in [0.05, 0.1) is 11.9 Å². The van der Waals surface area contributed by atoms with Crippen molar-refractivity contribution >= 4 is 23.2 Å². The maximum atomic E-state index is 11.1. The van der Waals surface area contributed by atoms with E-state index in [-0.39, 0.29) is 18.9 Å². The monoisotopic (exact) mass is 200 g/mol. The fourth-order valence-corrected chi connectivity index (χ4v) is 1.23. The molecule has 0 aliphatic rings. The van der Waals surface area contributed by atoms with E-state index >= 15 is 0 Å². The van der Waals surface area contributed by atoms with E-state index in [2.05, 4.69) is 10.3 Å². The number of carbonyl (C=O) groups is 2. The van der Waals surface area contributed by atoms with Crippen LogP contribution < -0.4 is 5.32 Å². The van der Waals surface area contributed by atoms with Crippen molar-refractivity contribution in [3.8, 4) is 0 Å². The van der Waals surface area contributed by atoms with Crippen LogP contribution in [0.3, 0.4) is 0 Å². The lowest BCUT2D eigenvalue weighted by atomic mass is 10.4. The number of nitrogens with zero attached hydrogens (tertiary/aromatic N) is 1. The van der Waals surface area contributed by atoms with Crippen LogP contribution in [0, 0.1) is 0 Å². The Bertz CT molecular complexity index is 297. The van der Waals surface area contributed by atoms with Crippen molar-refractivity contribution in [2.24, 2.45) is 0 Å². The molecule has 70 valence electrons. The summed E-state index contributed by atoms with van der Waals surface area (Å²) in [5.74, 6) is -1.26. The first kappa shape index (κ1) is 9.66. The van der Waals surface area contributed by atoms with Crippen LogP contribution in [0.25, 0.3) is 0 Å². The van der Waals surface area contributed by atoms with Crippen LogP contribution >= 0.6 is 11.3 Å². The van der Waals surface area contributed by atoms with Crippen LogP contribution in [0.4, 0.5) is 0 Å². The molecule has 1 rings (SSSR count). The van der Waals surface area contributed by atoms with Crippen molar-refractivity contribution in [1.82, 2.24) is 10.3 Å². The number of nitrogens with one attached hydrogen (secondary N) is 1. The van der Waals surface area contributed by atoms with Crippen LogP contribution in [0.1, 0.15) is 16.9 Å². The molecule has 1 amide bonds. The van der Waals surface area contributed by atoms with Gasteiger partial charge in [-0.2, -0.15) is 0 Å². The zero-order valence-electron chi connectivity index (χ0n) is 6.69. The molecule has 0 aliphatic carbocycles. The minimum atomic E-state index is -0.932. The second-order valence-electron chi connectivity index (χ2n) is 2.27. The van der Waals surface area contributed by atoms with Crippen LogP contribution in [-0.4, -0.2) is 28.5 Å². The molecule has 0 saturated carbocycles. The maximum Gasteiger partial charge on any atom is 0.305 e. The number of amides is 1. The Balaban J connectivity index is 2.31. The summed E-state index contributed by atoms with van der Waals surface area (Å²) >= 11 is 1.32. The Labute approximate surface area is 78.4 Å². The van der Waals surface area contributed by atoms with Crippen molar-refractivity contribution in [3.63, 3.8) is 0 Å². The third-order valence-electron chi connectivity index (χ3n) is 1.29. The van der Waals surface area contributed by atoms with E-state index in [0.717, 1.165) is 0 Å². The Morgan fingerprint density at radius 1 is 1.62 bits per heavy atom. The standard InChI is InChI=1S/C7H8N2O3S/c10-6(11)1-2-8-7(12)5-3-13-4-9-5/h3-4H,1-2H2,(H,8,12)(H,10,11). The summed E-state index contributed by atoms with van der Waals surface area (Å²) in [5, 5.41) is 12.3. The summed E-state index contributed by atoms with van der Waals surface area (Å²) in [4.78, 5) is 25.0. The normalized spacial score (nSPS) is 9.54. The van der Waals surface area contributed by atoms with Gasteiger partial charge in [0, 0.05) is 11.9 Å². The summed E-state index contributed by atoms with van der Waals surface area (Å²) in [7, 11) is 0. The molecule has 6 heteroatoms. The van der Waals surface area contributed by atoms with E-state index in [1.807, 2.05) is 0 Å². The van der Waals surface area contributed by atoms with Gasteiger partial charge in [-0.05, 0) is 0 Å². The Hall–Kier alpha value is -1.43. The molecule has 5 nitrogen and oxygen atoms in total. The first-order chi connectivity index (χ1) is 6.20. The highest BCUT2D eigenvalue weighted by Gasteiger charge is 2.06. The van der Waals surface area contributed by atoms with Gasteiger partial charge in [0.25, 0.3) is 5.91 Å². The van der Waals surface area contributed by atoms with Gasteiger partial charge >= 0.3 is 5.97 Å². The summed E-state index contributed by atoms with van der Waals surface area (Å²) in [5.41, 5.74) is 1.88. The predicted octanol–water partition coefficient (Wildman–Crippen LogP) is 0.348. The molecule has 0 aromatic carbocycles. The molecule has 1 aromatic heterocycles. The van der Waals surface area contributed by atoms with Crippen molar-refractivity contribution < 1.29 is 14.7 Å². The van der Waals surface area contributed by atoms with Gasteiger partial charge in [-0.15, -0.1) is 11.3 Å². The third kappa shape index (κ3) is 3.20.